The molecule has 15 heavy (non-hydrogen) atoms. The molecular weight excluding hydrogens is 192 g/mol. The number of aryl methyl sites for hydroxylation is 2. The topological polar surface area (TPSA) is 57.5 Å². The van der Waals surface area contributed by atoms with Gasteiger partial charge >= 0.3 is 5.97 Å². The lowest BCUT2D eigenvalue weighted by molar-refractivity contribution is -0.147. The van der Waals surface area contributed by atoms with E-state index in [0.29, 0.717) is 0 Å². The van der Waals surface area contributed by atoms with Crippen LogP contribution in [0.1, 0.15) is 29.5 Å². The first-order valence-electron chi connectivity index (χ1n) is 4.91. The van der Waals surface area contributed by atoms with Crippen molar-refractivity contribution in [3.63, 3.8) is 0 Å². The summed E-state index contributed by atoms with van der Waals surface area (Å²) in [5.74, 6) is -1.57. The average molecular weight is 208 g/mol. The van der Waals surface area contributed by atoms with Crippen LogP contribution in [0, 0.1) is 13.8 Å². The number of hydrogen-bond donors (Lipinski definition) is 2. The normalized spacial score (nSPS) is 14.7. The highest BCUT2D eigenvalue weighted by Gasteiger charge is 2.23. The molecule has 0 aliphatic rings. The number of carbonyl (C=O) groups is 1. The minimum Gasteiger partial charge on any atom is -0.479 e. The van der Waals surface area contributed by atoms with E-state index in [4.69, 9.17) is 5.11 Å². The molecule has 2 atom stereocenters. The highest BCUT2D eigenvalue weighted by atomic mass is 16.4. The molecule has 0 aromatic heterocycles. The first-order valence-corrected chi connectivity index (χ1v) is 4.91. The van der Waals surface area contributed by atoms with E-state index in [1.807, 2.05) is 32.0 Å². The summed E-state index contributed by atoms with van der Waals surface area (Å²) in [6.07, 6.45) is -1.34. The number of aliphatic hydroxyl groups excluding tert-OH is 1. The molecule has 0 spiro atoms. The van der Waals surface area contributed by atoms with Crippen molar-refractivity contribution in [2.24, 2.45) is 0 Å². The molecule has 0 radical (unpaired) electrons. The number of rotatable bonds is 3. The Morgan fingerprint density at radius 3 is 2.07 bits per heavy atom. The van der Waals surface area contributed by atoms with E-state index in [0.717, 1.165) is 16.7 Å². The zero-order chi connectivity index (χ0) is 11.6. The molecule has 0 fully saturated rings. The van der Waals surface area contributed by atoms with Crippen molar-refractivity contribution in [3.05, 3.63) is 34.9 Å². The second-order valence-electron chi connectivity index (χ2n) is 3.99. The fraction of sp³-hybridized carbons (Fsp3) is 0.417. The maximum Gasteiger partial charge on any atom is 0.333 e. The Hall–Kier alpha value is -1.35. The number of benzene rings is 1. The summed E-state index contributed by atoms with van der Waals surface area (Å²) in [4.78, 5) is 10.6. The second kappa shape index (κ2) is 4.45. The fourth-order valence-corrected chi connectivity index (χ4v) is 1.67. The average Bonchev–Trinajstić information content (AvgIpc) is 2.13. The molecule has 0 aliphatic carbocycles. The first-order chi connectivity index (χ1) is 6.91. The van der Waals surface area contributed by atoms with Gasteiger partial charge in [0.2, 0.25) is 0 Å². The molecule has 0 saturated heterocycles. The van der Waals surface area contributed by atoms with Gasteiger partial charge in [-0.1, -0.05) is 36.2 Å². The lowest BCUT2D eigenvalue weighted by Gasteiger charge is -2.16. The van der Waals surface area contributed by atoms with Crippen LogP contribution in [0.5, 0.6) is 0 Å². The summed E-state index contributed by atoms with van der Waals surface area (Å²) in [5, 5.41) is 18.1. The monoisotopic (exact) mass is 208 g/mol. The third-order valence-corrected chi connectivity index (χ3v) is 2.50. The third-order valence-electron chi connectivity index (χ3n) is 2.50. The molecule has 1 aromatic carbocycles. The zero-order valence-electron chi connectivity index (χ0n) is 9.19. The largest absolute Gasteiger partial charge is 0.479 e. The minimum absolute atomic E-state index is 0.388. The minimum atomic E-state index is -1.34. The predicted molar refractivity (Wildman–Crippen MR) is 58.0 cm³/mol. The van der Waals surface area contributed by atoms with Gasteiger partial charge in [-0.15, -0.1) is 0 Å². The van der Waals surface area contributed by atoms with Gasteiger partial charge in [0.15, 0.2) is 6.10 Å². The van der Waals surface area contributed by atoms with Gasteiger partial charge in [-0.3, -0.25) is 0 Å². The second-order valence-corrected chi connectivity index (χ2v) is 3.99. The molecule has 3 heteroatoms. The van der Waals surface area contributed by atoms with Crippen LogP contribution in [0.25, 0.3) is 0 Å². The summed E-state index contributed by atoms with van der Waals surface area (Å²) in [6, 6.07) is 5.83. The molecule has 0 bridgehead atoms. The summed E-state index contributed by atoms with van der Waals surface area (Å²) in [6.45, 7) is 5.62. The predicted octanol–water partition coefficient (Wildman–Crippen LogP) is 1.85. The number of carboxylic acids is 1. The van der Waals surface area contributed by atoms with Crippen LogP contribution in [0.2, 0.25) is 0 Å². The number of aliphatic hydroxyl groups is 1. The van der Waals surface area contributed by atoms with E-state index < -0.39 is 12.1 Å². The highest BCUT2D eigenvalue weighted by molar-refractivity contribution is 5.73. The Bertz CT molecular complexity index is 351. The maximum absolute atomic E-state index is 10.6. The van der Waals surface area contributed by atoms with Crippen molar-refractivity contribution in [3.8, 4) is 0 Å². The molecule has 82 valence electrons. The molecule has 2 N–H and O–H groups in total. The van der Waals surface area contributed by atoms with Gasteiger partial charge in [0.25, 0.3) is 0 Å². The highest BCUT2D eigenvalue weighted by Crippen LogP contribution is 2.22. The molecule has 3 nitrogen and oxygen atoms in total. The third kappa shape index (κ3) is 2.80. The molecule has 0 heterocycles. The molecule has 0 aliphatic heterocycles. The van der Waals surface area contributed by atoms with Crippen molar-refractivity contribution in [2.75, 3.05) is 0 Å². The van der Waals surface area contributed by atoms with Crippen molar-refractivity contribution in [1.82, 2.24) is 0 Å². The van der Waals surface area contributed by atoms with Crippen LogP contribution >= 0.6 is 0 Å². The van der Waals surface area contributed by atoms with E-state index >= 15 is 0 Å². The van der Waals surface area contributed by atoms with E-state index in [-0.39, 0.29) is 5.92 Å². The smallest absolute Gasteiger partial charge is 0.333 e. The summed E-state index contributed by atoms with van der Waals surface area (Å²) in [7, 11) is 0. The Balaban J connectivity index is 3.00. The fourth-order valence-electron chi connectivity index (χ4n) is 1.67. The molecule has 0 amide bonds. The maximum atomic E-state index is 10.6. The molecule has 1 aromatic rings. The molecule has 0 saturated carbocycles. The number of hydrogen-bond acceptors (Lipinski definition) is 2. The van der Waals surface area contributed by atoms with Gasteiger partial charge in [0.05, 0.1) is 0 Å². The Morgan fingerprint density at radius 2 is 1.67 bits per heavy atom. The summed E-state index contributed by atoms with van der Waals surface area (Å²) in [5.41, 5.74) is 3.02. The van der Waals surface area contributed by atoms with Crippen molar-refractivity contribution in [2.45, 2.75) is 32.8 Å². The van der Waals surface area contributed by atoms with Crippen molar-refractivity contribution >= 4 is 5.97 Å². The van der Waals surface area contributed by atoms with Gasteiger partial charge in [-0.25, -0.2) is 4.79 Å². The van der Waals surface area contributed by atoms with Crippen molar-refractivity contribution in [1.29, 1.82) is 0 Å². The van der Waals surface area contributed by atoms with E-state index in [2.05, 4.69) is 0 Å². The van der Waals surface area contributed by atoms with Crippen LogP contribution in [0.15, 0.2) is 18.2 Å². The van der Waals surface area contributed by atoms with Crippen LogP contribution < -0.4 is 0 Å². The van der Waals surface area contributed by atoms with Crippen LogP contribution in [0.3, 0.4) is 0 Å². The first kappa shape index (κ1) is 11.7. The van der Waals surface area contributed by atoms with Gasteiger partial charge in [0.1, 0.15) is 0 Å². The van der Waals surface area contributed by atoms with Gasteiger partial charge in [0, 0.05) is 5.92 Å². The molecule has 1 rings (SSSR count). The SMILES string of the molecule is Cc1cc(C)cc(C(C)C(O)C(=O)O)c1. The van der Waals surface area contributed by atoms with Gasteiger partial charge in [-0.2, -0.15) is 0 Å². The van der Waals surface area contributed by atoms with Crippen LogP contribution in [-0.2, 0) is 4.79 Å². The molecule has 2 unspecified atom stereocenters. The molecular formula is C12H16O3. The van der Waals surface area contributed by atoms with E-state index in [1.54, 1.807) is 6.92 Å². The Kier molecular flexibility index (Phi) is 3.48. The Morgan fingerprint density at radius 1 is 1.20 bits per heavy atom. The summed E-state index contributed by atoms with van der Waals surface area (Å²) < 4.78 is 0. The number of carboxylic acid groups (broad SMARTS) is 1. The van der Waals surface area contributed by atoms with Gasteiger partial charge < -0.3 is 10.2 Å². The van der Waals surface area contributed by atoms with Gasteiger partial charge in [-0.05, 0) is 19.4 Å². The van der Waals surface area contributed by atoms with Crippen LogP contribution in [-0.4, -0.2) is 22.3 Å². The van der Waals surface area contributed by atoms with E-state index in [1.165, 1.54) is 0 Å². The van der Waals surface area contributed by atoms with E-state index in [9.17, 15) is 9.90 Å². The lowest BCUT2D eigenvalue weighted by atomic mass is 9.93. The number of aliphatic carboxylic acids is 1. The van der Waals surface area contributed by atoms with Crippen LogP contribution in [0.4, 0.5) is 0 Å². The zero-order valence-corrected chi connectivity index (χ0v) is 9.19. The Labute approximate surface area is 89.4 Å². The standard InChI is InChI=1S/C12H16O3/c1-7-4-8(2)6-10(5-7)9(3)11(13)12(14)15/h4-6,9,11,13H,1-3H3,(H,14,15). The quantitative estimate of drug-likeness (QED) is 0.797. The van der Waals surface area contributed by atoms with Crippen molar-refractivity contribution < 1.29 is 15.0 Å². The summed E-state index contributed by atoms with van der Waals surface area (Å²) >= 11 is 0. The lowest BCUT2D eigenvalue weighted by Crippen LogP contribution is -2.25.